The first-order valence-electron chi connectivity index (χ1n) is 8.70. The summed E-state index contributed by atoms with van der Waals surface area (Å²) < 4.78 is 10.6. The third kappa shape index (κ3) is 5.81. The molecular weight excluding hydrogens is 316 g/mol. The molecule has 1 aromatic carbocycles. The molecule has 2 rings (SSSR count). The molecule has 6 heteroatoms. The first-order valence-corrected chi connectivity index (χ1v) is 8.70. The van der Waals surface area contributed by atoms with E-state index in [9.17, 15) is 0 Å². The van der Waals surface area contributed by atoms with Crippen molar-refractivity contribution < 1.29 is 9.47 Å². The van der Waals surface area contributed by atoms with Crippen molar-refractivity contribution in [2.45, 2.75) is 39.7 Å². The number of rotatable bonds is 10. The van der Waals surface area contributed by atoms with Crippen LogP contribution >= 0.6 is 0 Å². The fourth-order valence-electron chi connectivity index (χ4n) is 2.50. The number of benzene rings is 1. The summed E-state index contributed by atoms with van der Waals surface area (Å²) in [6, 6.07) is 7.82. The van der Waals surface area contributed by atoms with Gasteiger partial charge < -0.3 is 20.1 Å². The summed E-state index contributed by atoms with van der Waals surface area (Å²) >= 11 is 0. The smallest absolute Gasteiger partial charge is 0.224 e. The van der Waals surface area contributed by atoms with Crippen molar-refractivity contribution in [3.8, 4) is 11.5 Å². The van der Waals surface area contributed by atoms with Crippen molar-refractivity contribution in [2.75, 3.05) is 31.4 Å². The van der Waals surface area contributed by atoms with Crippen molar-refractivity contribution in [2.24, 2.45) is 0 Å². The van der Waals surface area contributed by atoms with Crippen molar-refractivity contribution >= 4 is 11.8 Å². The average molecular weight is 344 g/mol. The SMILES string of the molecule is CCCCCNc1nc(C)cc(NCc2ccc(OC)c(OC)c2)n1. The highest BCUT2D eigenvalue weighted by molar-refractivity contribution is 5.46. The van der Waals surface area contributed by atoms with Gasteiger partial charge in [0.05, 0.1) is 14.2 Å². The zero-order chi connectivity index (χ0) is 18.1. The molecule has 0 bridgehead atoms. The van der Waals surface area contributed by atoms with Crippen LogP contribution in [0, 0.1) is 6.92 Å². The van der Waals surface area contributed by atoms with E-state index in [1.165, 1.54) is 12.8 Å². The summed E-state index contributed by atoms with van der Waals surface area (Å²) in [7, 11) is 3.27. The Kier molecular flexibility index (Phi) is 7.32. The van der Waals surface area contributed by atoms with E-state index in [0.717, 1.165) is 41.5 Å². The van der Waals surface area contributed by atoms with E-state index in [4.69, 9.17) is 9.47 Å². The Morgan fingerprint density at radius 2 is 1.76 bits per heavy atom. The molecule has 0 aliphatic heterocycles. The largest absolute Gasteiger partial charge is 0.493 e. The van der Waals surface area contributed by atoms with Gasteiger partial charge in [0, 0.05) is 24.8 Å². The molecule has 0 amide bonds. The Morgan fingerprint density at radius 3 is 2.48 bits per heavy atom. The first-order chi connectivity index (χ1) is 12.2. The van der Waals surface area contributed by atoms with Crippen LogP contribution in [0.3, 0.4) is 0 Å². The summed E-state index contributed by atoms with van der Waals surface area (Å²) in [5.41, 5.74) is 2.02. The van der Waals surface area contributed by atoms with Crippen LogP contribution in [0.1, 0.15) is 37.4 Å². The Bertz CT molecular complexity index is 676. The van der Waals surface area contributed by atoms with Gasteiger partial charge >= 0.3 is 0 Å². The van der Waals surface area contributed by atoms with Gasteiger partial charge in [-0.3, -0.25) is 0 Å². The third-order valence-corrected chi connectivity index (χ3v) is 3.84. The van der Waals surface area contributed by atoms with E-state index in [1.54, 1.807) is 14.2 Å². The highest BCUT2D eigenvalue weighted by Gasteiger charge is 2.06. The van der Waals surface area contributed by atoms with Crippen LogP contribution < -0.4 is 20.1 Å². The average Bonchev–Trinajstić information content (AvgIpc) is 2.63. The van der Waals surface area contributed by atoms with Gasteiger partial charge in [-0.05, 0) is 31.0 Å². The highest BCUT2D eigenvalue weighted by atomic mass is 16.5. The summed E-state index contributed by atoms with van der Waals surface area (Å²) in [6.45, 7) is 5.71. The number of hydrogen-bond acceptors (Lipinski definition) is 6. The fourth-order valence-corrected chi connectivity index (χ4v) is 2.50. The lowest BCUT2D eigenvalue weighted by Crippen LogP contribution is -2.09. The maximum absolute atomic E-state index is 5.34. The predicted octanol–water partition coefficient (Wildman–Crippen LogP) is 4.02. The molecule has 0 aliphatic rings. The number of methoxy groups -OCH3 is 2. The number of aromatic nitrogens is 2. The molecule has 1 aromatic heterocycles. The molecule has 0 radical (unpaired) electrons. The summed E-state index contributed by atoms with van der Waals surface area (Å²) in [6.07, 6.45) is 3.54. The van der Waals surface area contributed by atoms with E-state index in [-0.39, 0.29) is 0 Å². The molecule has 6 nitrogen and oxygen atoms in total. The number of aryl methyl sites for hydroxylation is 1. The van der Waals surface area contributed by atoms with Crippen molar-refractivity contribution in [1.82, 2.24) is 9.97 Å². The van der Waals surface area contributed by atoms with Gasteiger partial charge in [0.2, 0.25) is 5.95 Å². The highest BCUT2D eigenvalue weighted by Crippen LogP contribution is 2.27. The van der Waals surface area contributed by atoms with Gasteiger partial charge in [0.1, 0.15) is 5.82 Å². The van der Waals surface area contributed by atoms with E-state index < -0.39 is 0 Å². The number of anilines is 2. The number of nitrogens with one attached hydrogen (secondary N) is 2. The topological polar surface area (TPSA) is 68.3 Å². The standard InChI is InChI=1S/C19H28N4O2/c1-5-6-7-10-20-19-22-14(2)11-18(23-19)21-13-15-8-9-16(24-3)17(12-15)25-4/h8-9,11-12H,5-7,10,13H2,1-4H3,(H2,20,21,22,23). The second kappa shape index (κ2) is 9.71. The van der Waals surface area contributed by atoms with E-state index in [2.05, 4.69) is 27.5 Å². The molecule has 25 heavy (non-hydrogen) atoms. The van der Waals surface area contributed by atoms with E-state index in [1.807, 2.05) is 31.2 Å². The lowest BCUT2D eigenvalue weighted by Gasteiger charge is -2.12. The minimum absolute atomic E-state index is 0.645. The Labute approximate surface area is 150 Å². The summed E-state index contributed by atoms with van der Waals surface area (Å²) in [5, 5.41) is 6.64. The van der Waals surface area contributed by atoms with Crippen LogP contribution in [0.25, 0.3) is 0 Å². The molecule has 136 valence electrons. The monoisotopic (exact) mass is 344 g/mol. The van der Waals surface area contributed by atoms with Crippen LogP contribution in [-0.2, 0) is 6.54 Å². The van der Waals surface area contributed by atoms with Crippen LogP contribution in [0.4, 0.5) is 11.8 Å². The quantitative estimate of drug-likeness (QED) is 0.635. The van der Waals surface area contributed by atoms with Gasteiger partial charge in [0.25, 0.3) is 0 Å². The van der Waals surface area contributed by atoms with Gasteiger partial charge in [-0.1, -0.05) is 25.8 Å². The maximum atomic E-state index is 5.34. The molecule has 0 saturated heterocycles. The number of hydrogen-bond donors (Lipinski definition) is 2. The molecule has 1 heterocycles. The van der Waals surface area contributed by atoms with Crippen LogP contribution in [-0.4, -0.2) is 30.7 Å². The fraction of sp³-hybridized carbons (Fsp3) is 0.474. The number of unbranched alkanes of at least 4 members (excludes halogenated alkanes) is 2. The lowest BCUT2D eigenvalue weighted by atomic mass is 10.2. The normalized spacial score (nSPS) is 10.4. The second-order valence-corrected chi connectivity index (χ2v) is 5.89. The molecular formula is C19H28N4O2. The van der Waals surface area contributed by atoms with Crippen LogP contribution in [0.2, 0.25) is 0 Å². The van der Waals surface area contributed by atoms with Gasteiger partial charge in [0.15, 0.2) is 11.5 Å². The lowest BCUT2D eigenvalue weighted by molar-refractivity contribution is 0.354. The van der Waals surface area contributed by atoms with Crippen molar-refractivity contribution in [1.29, 1.82) is 0 Å². The summed E-state index contributed by atoms with van der Waals surface area (Å²) in [5.74, 6) is 2.92. The van der Waals surface area contributed by atoms with Crippen molar-refractivity contribution in [3.05, 3.63) is 35.5 Å². The molecule has 0 atom stereocenters. The molecule has 0 spiro atoms. The number of ether oxygens (including phenoxy) is 2. The molecule has 2 N–H and O–H groups in total. The van der Waals surface area contributed by atoms with Gasteiger partial charge in [-0.15, -0.1) is 0 Å². The van der Waals surface area contributed by atoms with E-state index in [0.29, 0.717) is 12.5 Å². The second-order valence-electron chi connectivity index (χ2n) is 5.89. The maximum Gasteiger partial charge on any atom is 0.224 e. The zero-order valence-corrected chi connectivity index (χ0v) is 15.6. The Morgan fingerprint density at radius 1 is 0.960 bits per heavy atom. The molecule has 0 aliphatic carbocycles. The molecule has 0 unspecified atom stereocenters. The third-order valence-electron chi connectivity index (χ3n) is 3.84. The summed E-state index contributed by atoms with van der Waals surface area (Å²) in [4.78, 5) is 8.97. The predicted molar refractivity (Wildman–Crippen MR) is 102 cm³/mol. The van der Waals surface area contributed by atoms with Gasteiger partial charge in [-0.2, -0.15) is 4.98 Å². The Hall–Kier alpha value is -2.50. The van der Waals surface area contributed by atoms with E-state index >= 15 is 0 Å². The van der Waals surface area contributed by atoms with Crippen molar-refractivity contribution in [3.63, 3.8) is 0 Å². The minimum Gasteiger partial charge on any atom is -0.493 e. The molecule has 0 fully saturated rings. The molecule has 0 saturated carbocycles. The van der Waals surface area contributed by atoms with Gasteiger partial charge in [-0.25, -0.2) is 4.98 Å². The zero-order valence-electron chi connectivity index (χ0n) is 15.6. The molecule has 2 aromatic rings. The van der Waals surface area contributed by atoms with Crippen LogP contribution in [0.5, 0.6) is 11.5 Å². The minimum atomic E-state index is 0.645. The first kappa shape index (κ1) is 18.8. The van der Waals surface area contributed by atoms with Crippen LogP contribution in [0.15, 0.2) is 24.3 Å². The Balaban J connectivity index is 1.99. The number of nitrogens with zero attached hydrogens (tertiary/aromatic N) is 2.